The minimum Gasteiger partial charge on any atom is -0.497 e. The Morgan fingerprint density at radius 1 is 0.642 bits per heavy atom. The second-order valence-corrected chi connectivity index (χ2v) is 13.3. The Bertz CT molecular complexity index is 2100. The van der Waals surface area contributed by atoms with E-state index in [1.165, 1.54) is 36.7 Å². The zero-order chi connectivity index (χ0) is 37.6. The van der Waals surface area contributed by atoms with Crippen LogP contribution in [-0.2, 0) is 12.8 Å². The van der Waals surface area contributed by atoms with Crippen LogP contribution in [0.5, 0.6) is 23.5 Å². The number of carboxylic acids is 1. The molecule has 0 radical (unpaired) electrons. The quantitative estimate of drug-likeness (QED) is 0.0846. The van der Waals surface area contributed by atoms with Gasteiger partial charge in [0.05, 0.1) is 54.5 Å². The SMILES string of the molecule is COc1ccc(CCNc2cc(-c3ccc(C(=O)O)s3)nc(OC)n2)cc1.COc1ccc(CCNc2cc(-c3ccc(C=O)s3)nc(OC)n2)cc1. The van der Waals surface area contributed by atoms with Crippen LogP contribution in [0, 0.1) is 0 Å². The first-order chi connectivity index (χ1) is 25.8. The Labute approximate surface area is 314 Å². The lowest BCUT2D eigenvalue weighted by Gasteiger charge is -2.09. The molecule has 0 aliphatic heterocycles. The summed E-state index contributed by atoms with van der Waals surface area (Å²) >= 11 is 2.55. The van der Waals surface area contributed by atoms with E-state index in [1.54, 1.807) is 38.5 Å². The van der Waals surface area contributed by atoms with Gasteiger partial charge < -0.3 is 34.7 Å². The van der Waals surface area contributed by atoms with Crippen molar-refractivity contribution >= 4 is 46.6 Å². The summed E-state index contributed by atoms with van der Waals surface area (Å²) < 4.78 is 20.7. The van der Waals surface area contributed by atoms with Gasteiger partial charge in [0.25, 0.3) is 0 Å². The van der Waals surface area contributed by atoms with Crippen LogP contribution in [0.4, 0.5) is 11.6 Å². The Morgan fingerprint density at radius 3 is 1.51 bits per heavy atom. The van der Waals surface area contributed by atoms with Crippen molar-refractivity contribution in [3.63, 3.8) is 0 Å². The standard InChI is InChI=1S/C19H19N3O4S.C19H19N3O3S/c1-25-13-5-3-12(4-6-13)9-10-20-17-11-14(21-19(22-17)26-2)15-7-8-16(27-15)18(23)24;1-24-14-5-3-13(4-6-14)9-10-20-18-11-16(21-19(22-18)25-2)17-8-7-15(12-23)26-17/h3-8,11H,9-10H2,1-2H3,(H,23,24)(H,20,21,22);3-8,11-12H,9-10H2,1-2H3,(H,20,21,22). The molecule has 274 valence electrons. The van der Waals surface area contributed by atoms with Gasteiger partial charge in [-0.2, -0.15) is 19.9 Å². The van der Waals surface area contributed by atoms with Crippen molar-refractivity contribution in [1.29, 1.82) is 0 Å². The summed E-state index contributed by atoms with van der Waals surface area (Å²) in [6.07, 6.45) is 2.49. The number of thiophene rings is 2. The molecule has 0 atom stereocenters. The second kappa shape index (κ2) is 19.0. The number of carbonyl (C=O) groups excluding carboxylic acids is 1. The number of hydrogen-bond donors (Lipinski definition) is 3. The first kappa shape index (κ1) is 38.2. The fourth-order valence-electron chi connectivity index (χ4n) is 4.86. The van der Waals surface area contributed by atoms with Crippen molar-refractivity contribution in [2.45, 2.75) is 12.8 Å². The van der Waals surface area contributed by atoms with Crippen LogP contribution in [0.2, 0.25) is 0 Å². The Hall–Kier alpha value is -6.06. The number of anilines is 2. The van der Waals surface area contributed by atoms with Gasteiger partial charge in [0.15, 0.2) is 6.29 Å². The average Bonchev–Trinajstić information content (AvgIpc) is 3.90. The molecular weight excluding hydrogens is 717 g/mol. The molecule has 0 bridgehead atoms. The van der Waals surface area contributed by atoms with Crippen LogP contribution in [-0.4, -0.2) is 78.8 Å². The number of aromatic carboxylic acids is 1. The first-order valence-corrected chi connectivity index (χ1v) is 17.9. The average molecular weight is 755 g/mol. The Kier molecular flexibility index (Phi) is 13.7. The van der Waals surface area contributed by atoms with E-state index < -0.39 is 5.97 Å². The van der Waals surface area contributed by atoms with Crippen molar-refractivity contribution in [3.05, 3.63) is 106 Å². The Balaban J connectivity index is 0.000000204. The molecule has 3 N–H and O–H groups in total. The molecule has 6 aromatic rings. The number of nitrogens with zero attached hydrogens (tertiary/aromatic N) is 4. The summed E-state index contributed by atoms with van der Waals surface area (Å²) in [5.41, 5.74) is 3.72. The monoisotopic (exact) mass is 754 g/mol. The number of nitrogens with one attached hydrogen (secondary N) is 2. The van der Waals surface area contributed by atoms with Gasteiger partial charge in [-0.1, -0.05) is 24.3 Å². The van der Waals surface area contributed by atoms with E-state index in [0.717, 1.165) is 64.0 Å². The maximum absolute atomic E-state index is 11.1. The van der Waals surface area contributed by atoms with Crippen LogP contribution in [0.3, 0.4) is 0 Å². The summed E-state index contributed by atoms with van der Waals surface area (Å²) in [6.45, 7) is 1.40. The van der Waals surface area contributed by atoms with Gasteiger partial charge in [-0.3, -0.25) is 4.79 Å². The van der Waals surface area contributed by atoms with Gasteiger partial charge in [0, 0.05) is 25.2 Å². The van der Waals surface area contributed by atoms with Crippen molar-refractivity contribution in [2.75, 3.05) is 52.2 Å². The van der Waals surface area contributed by atoms with Crippen molar-refractivity contribution in [1.82, 2.24) is 19.9 Å². The summed E-state index contributed by atoms with van der Waals surface area (Å²) in [6, 6.07) is 27.0. The fourth-order valence-corrected chi connectivity index (χ4v) is 6.45. The second-order valence-electron chi connectivity index (χ2n) is 11.1. The summed E-state index contributed by atoms with van der Waals surface area (Å²) in [7, 11) is 6.33. The zero-order valence-electron chi connectivity index (χ0n) is 29.5. The maximum Gasteiger partial charge on any atom is 0.345 e. The molecule has 53 heavy (non-hydrogen) atoms. The number of rotatable bonds is 16. The minimum absolute atomic E-state index is 0.227. The number of carboxylic acid groups (broad SMARTS) is 1. The highest BCUT2D eigenvalue weighted by molar-refractivity contribution is 7.17. The topological polar surface area (TPSA) is 167 Å². The highest BCUT2D eigenvalue weighted by atomic mass is 32.1. The van der Waals surface area contributed by atoms with E-state index in [9.17, 15) is 9.59 Å². The lowest BCUT2D eigenvalue weighted by molar-refractivity contribution is 0.0702. The van der Waals surface area contributed by atoms with E-state index in [0.29, 0.717) is 28.8 Å². The molecular formula is C38H38N6O7S2. The van der Waals surface area contributed by atoms with Gasteiger partial charge in [0.1, 0.15) is 28.0 Å². The lowest BCUT2D eigenvalue weighted by atomic mass is 10.1. The van der Waals surface area contributed by atoms with Crippen LogP contribution in [0.25, 0.3) is 21.1 Å². The molecule has 0 saturated carbocycles. The number of methoxy groups -OCH3 is 4. The molecule has 2 aromatic carbocycles. The highest BCUT2D eigenvalue weighted by Crippen LogP contribution is 2.30. The minimum atomic E-state index is -0.954. The van der Waals surface area contributed by atoms with Crippen LogP contribution in [0.15, 0.2) is 84.9 Å². The molecule has 0 aliphatic rings. The molecule has 4 aromatic heterocycles. The van der Waals surface area contributed by atoms with Gasteiger partial charge >= 0.3 is 18.0 Å². The first-order valence-electron chi connectivity index (χ1n) is 16.3. The van der Waals surface area contributed by atoms with Crippen molar-refractivity contribution < 1.29 is 33.6 Å². The van der Waals surface area contributed by atoms with E-state index in [-0.39, 0.29) is 16.9 Å². The number of benzene rings is 2. The molecule has 0 fully saturated rings. The van der Waals surface area contributed by atoms with Crippen LogP contribution >= 0.6 is 22.7 Å². The molecule has 0 aliphatic carbocycles. The number of carbonyl (C=O) groups is 2. The molecule has 0 saturated heterocycles. The number of aromatic nitrogens is 4. The molecule has 6 rings (SSSR count). The van der Waals surface area contributed by atoms with E-state index in [1.807, 2.05) is 60.7 Å². The molecule has 0 unspecified atom stereocenters. The van der Waals surface area contributed by atoms with Crippen molar-refractivity contribution in [3.8, 4) is 44.7 Å². The largest absolute Gasteiger partial charge is 0.497 e. The van der Waals surface area contributed by atoms with Gasteiger partial charge in [-0.05, 0) is 72.5 Å². The van der Waals surface area contributed by atoms with E-state index in [2.05, 4.69) is 30.6 Å². The third-order valence-corrected chi connectivity index (χ3v) is 9.73. The zero-order valence-corrected chi connectivity index (χ0v) is 31.1. The summed E-state index contributed by atoms with van der Waals surface area (Å²) in [4.78, 5) is 41.8. The summed E-state index contributed by atoms with van der Waals surface area (Å²) in [5.74, 6) is 2.02. The highest BCUT2D eigenvalue weighted by Gasteiger charge is 2.13. The molecule has 0 spiro atoms. The van der Waals surface area contributed by atoms with Crippen molar-refractivity contribution in [2.24, 2.45) is 0 Å². The molecule has 15 heteroatoms. The third-order valence-electron chi connectivity index (χ3n) is 7.60. The third kappa shape index (κ3) is 11.0. The predicted octanol–water partition coefficient (Wildman–Crippen LogP) is 7.26. The smallest absolute Gasteiger partial charge is 0.345 e. The van der Waals surface area contributed by atoms with Crippen LogP contribution in [0.1, 0.15) is 30.5 Å². The number of hydrogen-bond acceptors (Lipinski definition) is 14. The summed E-state index contributed by atoms with van der Waals surface area (Å²) in [5, 5.41) is 15.7. The fraction of sp³-hybridized carbons (Fsp3) is 0.211. The molecule has 13 nitrogen and oxygen atoms in total. The van der Waals surface area contributed by atoms with Crippen LogP contribution < -0.4 is 29.6 Å². The number of ether oxygens (including phenoxy) is 4. The van der Waals surface area contributed by atoms with Gasteiger partial charge in [0.2, 0.25) is 0 Å². The molecule has 4 heterocycles. The van der Waals surface area contributed by atoms with Gasteiger partial charge in [-0.25, -0.2) is 4.79 Å². The maximum atomic E-state index is 11.1. The Morgan fingerprint density at radius 2 is 1.11 bits per heavy atom. The van der Waals surface area contributed by atoms with Gasteiger partial charge in [-0.15, -0.1) is 22.7 Å². The molecule has 0 amide bonds. The van der Waals surface area contributed by atoms with E-state index in [4.69, 9.17) is 24.1 Å². The lowest BCUT2D eigenvalue weighted by Crippen LogP contribution is -2.07. The van der Waals surface area contributed by atoms with E-state index >= 15 is 0 Å². The predicted molar refractivity (Wildman–Crippen MR) is 207 cm³/mol. The normalized spacial score (nSPS) is 10.4. The number of aldehydes is 1.